The van der Waals surface area contributed by atoms with Crippen molar-refractivity contribution < 1.29 is 0 Å². The van der Waals surface area contributed by atoms with Gasteiger partial charge in [0, 0.05) is 36.7 Å². The van der Waals surface area contributed by atoms with Gasteiger partial charge < -0.3 is 10.2 Å². The predicted octanol–water partition coefficient (Wildman–Crippen LogP) is 4.47. The highest BCUT2D eigenvalue weighted by Crippen LogP contribution is 2.31. The fraction of sp³-hybridized carbons (Fsp3) is 0.625. The molecule has 2 atom stereocenters. The molecule has 0 bridgehead atoms. The highest BCUT2D eigenvalue weighted by molar-refractivity contribution is 8.00. The Labute approximate surface area is 142 Å². The fourth-order valence-corrected chi connectivity index (χ4v) is 4.48. The molecule has 5 heteroatoms. The normalized spacial score (nSPS) is 21.4. The van der Waals surface area contributed by atoms with Crippen molar-refractivity contribution in [1.29, 1.82) is 0 Å². The Balaban J connectivity index is 1.95. The summed E-state index contributed by atoms with van der Waals surface area (Å²) < 4.78 is 0. The Morgan fingerprint density at radius 1 is 1.43 bits per heavy atom. The first-order valence-corrected chi connectivity index (χ1v) is 9.41. The molecule has 1 aliphatic heterocycles. The standard InChI is InChI=1S/C16H24Cl2N2S/c1-3-12-11-20(9-10-21-12)8-7-15(19-2)13-5-4-6-14(17)16(13)18/h4-6,12,15,19H,3,7-11H2,1-2H3. The molecule has 1 N–H and O–H groups in total. The van der Waals surface area contributed by atoms with Gasteiger partial charge in [-0.15, -0.1) is 0 Å². The average Bonchev–Trinajstić information content (AvgIpc) is 2.52. The van der Waals surface area contributed by atoms with Crippen molar-refractivity contribution in [2.75, 3.05) is 32.4 Å². The van der Waals surface area contributed by atoms with Crippen molar-refractivity contribution in [2.24, 2.45) is 0 Å². The summed E-state index contributed by atoms with van der Waals surface area (Å²) in [6.45, 7) is 5.79. The zero-order chi connectivity index (χ0) is 15.2. The molecule has 0 amide bonds. The van der Waals surface area contributed by atoms with E-state index in [0.29, 0.717) is 10.0 Å². The summed E-state index contributed by atoms with van der Waals surface area (Å²) in [5, 5.41) is 5.48. The number of hydrogen-bond acceptors (Lipinski definition) is 3. The molecule has 21 heavy (non-hydrogen) atoms. The molecular formula is C16H24Cl2N2S. The molecule has 0 aliphatic carbocycles. The number of nitrogens with zero attached hydrogens (tertiary/aromatic N) is 1. The molecule has 0 aromatic heterocycles. The van der Waals surface area contributed by atoms with E-state index in [9.17, 15) is 0 Å². The smallest absolute Gasteiger partial charge is 0.0640 e. The van der Waals surface area contributed by atoms with Crippen LogP contribution in [0.25, 0.3) is 0 Å². The average molecular weight is 347 g/mol. The van der Waals surface area contributed by atoms with Crippen molar-refractivity contribution in [1.82, 2.24) is 10.2 Å². The second-order valence-electron chi connectivity index (χ2n) is 5.47. The Hall–Kier alpha value is 0.0700. The van der Waals surface area contributed by atoms with Crippen LogP contribution in [0.5, 0.6) is 0 Å². The molecule has 118 valence electrons. The Bertz CT molecular complexity index is 456. The molecule has 2 unspecified atom stereocenters. The maximum Gasteiger partial charge on any atom is 0.0640 e. The van der Waals surface area contributed by atoms with E-state index in [1.807, 2.05) is 19.2 Å². The van der Waals surface area contributed by atoms with E-state index in [2.05, 4.69) is 35.0 Å². The molecule has 1 heterocycles. The lowest BCUT2D eigenvalue weighted by atomic mass is 10.0. The predicted molar refractivity (Wildman–Crippen MR) is 95.9 cm³/mol. The molecular weight excluding hydrogens is 323 g/mol. The first kappa shape index (κ1) is 17.4. The molecule has 1 fully saturated rings. The summed E-state index contributed by atoms with van der Waals surface area (Å²) >= 11 is 14.6. The lowest BCUT2D eigenvalue weighted by molar-refractivity contribution is 0.265. The van der Waals surface area contributed by atoms with Crippen LogP contribution in [0.15, 0.2) is 18.2 Å². The van der Waals surface area contributed by atoms with Gasteiger partial charge in [0.1, 0.15) is 0 Å². The van der Waals surface area contributed by atoms with Crippen molar-refractivity contribution >= 4 is 35.0 Å². The van der Waals surface area contributed by atoms with Crippen molar-refractivity contribution in [3.63, 3.8) is 0 Å². The topological polar surface area (TPSA) is 15.3 Å². The van der Waals surface area contributed by atoms with Crippen LogP contribution in [-0.4, -0.2) is 42.6 Å². The van der Waals surface area contributed by atoms with Crippen LogP contribution in [0.1, 0.15) is 31.4 Å². The maximum atomic E-state index is 6.34. The highest BCUT2D eigenvalue weighted by Gasteiger charge is 2.21. The first-order valence-electron chi connectivity index (χ1n) is 7.60. The molecule has 0 radical (unpaired) electrons. The molecule has 2 rings (SSSR count). The number of nitrogens with one attached hydrogen (secondary N) is 1. The third kappa shape index (κ3) is 4.77. The van der Waals surface area contributed by atoms with Gasteiger partial charge in [0.2, 0.25) is 0 Å². The summed E-state index contributed by atoms with van der Waals surface area (Å²) in [6, 6.07) is 6.13. The number of benzene rings is 1. The van der Waals surface area contributed by atoms with Crippen LogP contribution < -0.4 is 5.32 Å². The Morgan fingerprint density at radius 2 is 2.24 bits per heavy atom. The molecule has 1 saturated heterocycles. The van der Waals surface area contributed by atoms with Gasteiger partial charge in [-0.1, -0.05) is 42.3 Å². The number of thioether (sulfide) groups is 1. The number of halogens is 2. The van der Waals surface area contributed by atoms with E-state index in [4.69, 9.17) is 23.2 Å². The van der Waals surface area contributed by atoms with Gasteiger partial charge in [0.25, 0.3) is 0 Å². The maximum absolute atomic E-state index is 6.34. The number of hydrogen-bond donors (Lipinski definition) is 1. The fourth-order valence-electron chi connectivity index (χ4n) is 2.79. The first-order chi connectivity index (χ1) is 10.2. The van der Waals surface area contributed by atoms with Gasteiger partial charge in [0.15, 0.2) is 0 Å². The minimum absolute atomic E-state index is 0.255. The van der Waals surface area contributed by atoms with Crippen LogP contribution in [-0.2, 0) is 0 Å². The monoisotopic (exact) mass is 346 g/mol. The van der Waals surface area contributed by atoms with Gasteiger partial charge >= 0.3 is 0 Å². The molecule has 0 saturated carbocycles. The summed E-state index contributed by atoms with van der Waals surface area (Å²) in [6.07, 6.45) is 2.31. The van der Waals surface area contributed by atoms with E-state index in [1.54, 1.807) is 0 Å². The van der Waals surface area contributed by atoms with E-state index in [1.165, 1.54) is 25.3 Å². The van der Waals surface area contributed by atoms with Crippen molar-refractivity contribution in [2.45, 2.75) is 31.1 Å². The van der Waals surface area contributed by atoms with Crippen LogP contribution in [0, 0.1) is 0 Å². The quantitative estimate of drug-likeness (QED) is 0.817. The summed E-state index contributed by atoms with van der Waals surface area (Å²) in [7, 11) is 1.99. The minimum atomic E-state index is 0.255. The third-order valence-electron chi connectivity index (χ3n) is 4.12. The van der Waals surface area contributed by atoms with Gasteiger partial charge in [-0.2, -0.15) is 11.8 Å². The van der Waals surface area contributed by atoms with Crippen LogP contribution >= 0.6 is 35.0 Å². The Kier molecular flexibility index (Phi) is 7.17. The van der Waals surface area contributed by atoms with Crippen LogP contribution in [0.3, 0.4) is 0 Å². The van der Waals surface area contributed by atoms with Crippen molar-refractivity contribution in [3.8, 4) is 0 Å². The van der Waals surface area contributed by atoms with E-state index < -0.39 is 0 Å². The molecule has 0 spiro atoms. The van der Waals surface area contributed by atoms with Gasteiger partial charge in [-0.05, 0) is 31.5 Å². The minimum Gasteiger partial charge on any atom is -0.313 e. The largest absolute Gasteiger partial charge is 0.313 e. The zero-order valence-electron chi connectivity index (χ0n) is 12.7. The summed E-state index contributed by atoms with van der Waals surface area (Å²) in [4.78, 5) is 2.58. The molecule has 2 nitrogen and oxygen atoms in total. The second kappa shape index (κ2) is 8.64. The van der Waals surface area contributed by atoms with Gasteiger partial charge in [0.05, 0.1) is 10.0 Å². The van der Waals surface area contributed by atoms with Crippen LogP contribution in [0.2, 0.25) is 10.0 Å². The third-order valence-corrected chi connectivity index (χ3v) is 6.32. The molecule has 1 aliphatic rings. The lowest BCUT2D eigenvalue weighted by Gasteiger charge is -2.33. The van der Waals surface area contributed by atoms with Gasteiger partial charge in [-0.3, -0.25) is 0 Å². The summed E-state index contributed by atoms with van der Waals surface area (Å²) in [5.74, 6) is 1.25. The SMILES string of the molecule is CCC1CN(CCC(NC)c2cccc(Cl)c2Cl)CCS1. The number of rotatable bonds is 6. The zero-order valence-corrected chi connectivity index (χ0v) is 15.1. The van der Waals surface area contributed by atoms with E-state index in [0.717, 1.165) is 23.8 Å². The highest BCUT2D eigenvalue weighted by atomic mass is 35.5. The van der Waals surface area contributed by atoms with Gasteiger partial charge in [-0.25, -0.2) is 0 Å². The second-order valence-corrected chi connectivity index (χ2v) is 7.67. The Morgan fingerprint density at radius 3 is 2.95 bits per heavy atom. The van der Waals surface area contributed by atoms with Crippen molar-refractivity contribution in [3.05, 3.63) is 33.8 Å². The molecule has 1 aromatic rings. The van der Waals surface area contributed by atoms with Crippen LogP contribution in [0.4, 0.5) is 0 Å². The summed E-state index contributed by atoms with van der Waals surface area (Å²) in [5.41, 5.74) is 1.10. The molecule has 1 aromatic carbocycles. The van der Waals surface area contributed by atoms with E-state index >= 15 is 0 Å². The van der Waals surface area contributed by atoms with E-state index in [-0.39, 0.29) is 6.04 Å². The lowest BCUT2D eigenvalue weighted by Crippen LogP contribution is -2.39.